The smallest absolute Gasteiger partial charge is 0.416 e. The monoisotopic (exact) mass is 426 g/mol. The molecule has 0 radical (unpaired) electrons. The molecule has 1 aliphatic carbocycles. The Labute approximate surface area is 168 Å². The number of aryl methyl sites for hydroxylation is 1. The molecule has 0 bridgehead atoms. The number of cyclic esters (lactones) is 1. The molecule has 0 saturated carbocycles. The number of alkyl halides is 3. The molecular weight excluding hydrogens is 413 g/mol. The molecule has 2 aliphatic rings. The molecule has 2 aromatic rings. The largest absolute Gasteiger partial charge is 0.454 e. The summed E-state index contributed by atoms with van der Waals surface area (Å²) < 4.78 is 49.0. The van der Waals surface area contributed by atoms with Gasteiger partial charge in [0, 0.05) is 5.92 Å². The van der Waals surface area contributed by atoms with Gasteiger partial charge < -0.3 is 9.47 Å². The number of halogens is 4. The number of pyridine rings is 1. The third kappa shape index (κ3) is 3.87. The van der Waals surface area contributed by atoms with Gasteiger partial charge in [-0.1, -0.05) is 11.6 Å². The van der Waals surface area contributed by atoms with E-state index in [0.717, 1.165) is 30.2 Å². The van der Waals surface area contributed by atoms with Crippen molar-refractivity contribution in [2.75, 3.05) is 0 Å². The van der Waals surface area contributed by atoms with Gasteiger partial charge in [0.25, 0.3) is 5.91 Å². The van der Waals surface area contributed by atoms with Crippen molar-refractivity contribution >= 4 is 23.6 Å². The van der Waals surface area contributed by atoms with Crippen LogP contribution in [0, 0.1) is 0 Å². The number of hydrogen-bond acceptors (Lipinski definition) is 5. The van der Waals surface area contributed by atoms with E-state index in [1.165, 1.54) is 6.20 Å². The SMILES string of the molecule is O=C1NC(=O)C([C@H]2CCCc3cc(Oc4ccc(C(F)(F)F)cc4Cl)cnc32)O1. The number of alkyl carbamates (subject to hydrolysis) is 1. The van der Waals surface area contributed by atoms with E-state index in [1.807, 2.05) is 0 Å². The highest BCUT2D eigenvalue weighted by Gasteiger charge is 2.42. The first kappa shape index (κ1) is 19.5. The third-order valence-corrected chi connectivity index (χ3v) is 5.15. The minimum Gasteiger partial charge on any atom is -0.454 e. The maximum absolute atomic E-state index is 12.8. The summed E-state index contributed by atoms with van der Waals surface area (Å²) in [5.74, 6) is -0.489. The van der Waals surface area contributed by atoms with Crippen LogP contribution in [0.25, 0.3) is 0 Å². The molecular formula is C19H14ClF3N2O4. The number of amides is 2. The van der Waals surface area contributed by atoms with Crippen LogP contribution in [-0.2, 0) is 22.1 Å². The first-order chi connectivity index (χ1) is 13.7. The molecule has 1 N–H and O–H groups in total. The molecule has 10 heteroatoms. The van der Waals surface area contributed by atoms with Gasteiger partial charge in [-0.05, 0) is 49.1 Å². The molecule has 1 aliphatic heterocycles. The summed E-state index contributed by atoms with van der Waals surface area (Å²) in [5.41, 5.74) is 0.583. The summed E-state index contributed by atoms with van der Waals surface area (Å²) >= 11 is 5.93. The lowest BCUT2D eigenvalue weighted by atomic mass is 9.83. The Morgan fingerprint density at radius 1 is 1.24 bits per heavy atom. The fraction of sp³-hybridized carbons (Fsp3) is 0.316. The Balaban J connectivity index is 1.57. The van der Waals surface area contributed by atoms with Gasteiger partial charge in [-0.25, -0.2) is 4.79 Å². The highest BCUT2D eigenvalue weighted by molar-refractivity contribution is 6.32. The van der Waals surface area contributed by atoms with Gasteiger partial charge >= 0.3 is 12.3 Å². The van der Waals surface area contributed by atoms with Crippen molar-refractivity contribution in [2.45, 2.75) is 37.5 Å². The van der Waals surface area contributed by atoms with Gasteiger partial charge in [-0.2, -0.15) is 13.2 Å². The van der Waals surface area contributed by atoms with E-state index < -0.39 is 29.8 Å². The van der Waals surface area contributed by atoms with E-state index in [9.17, 15) is 22.8 Å². The second kappa shape index (κ2) is 7.22. The van der Waals surface area contributed by atoms with E-state index in [0.29, 0.717) is 24.3 Å². The van der Waals surface area contributed by atoms with Crippen LogP contribution in [0.3, 0.4) is 0 Å². The number of hydrogen-bond donors (Lipinski definition) is 1. The summed E-state index contributed by atoms with van der Waals surface area (Å²) in [6, 6.07) is 4.54. The second-order valence-electron chi connectivity index (χ2n) is 6.77. The molecule has 4 rings (SSSR count). The molecule has 1 aromatic heterocycles. The van der Waals surface area contributed by atoms with E-state index in [4.69, 9.17) is 21.1 Å². The van der Waals surface area contributed by atoms with E-state index in [-0.39, 0.29) is 16.7 Å². The lowest BCUT2D eigenvalue weighted by Gasteiger charge is -2.26. The third-order valence-electron chi connectivity index (χ3n) is 4.86. The fourth-order valence-electron chi connectivity index (χ4n) is 3.55. The predicted octanol–water partition coefficient (Wildman–Crippen LogP) is 4.60. The molecule has 2 atom stereocenters. The van der Waals surface area contributed by atoms with Gasteiger partial charge in [0.05, 0.1) is 22.5 Å². The molecule has 6 nitrogen and oxygen atoms in total. The highest BCUT2D eigenvalue weighted by atomic mass is 35.5. The highest BCUT2D eigenvalue weighted by Crippen LogP contribution is 2.39. The van der Waals surface area contributed by atoms with Crippen molar-refractivity contribution in [3.8, 4) is 11.5 Å². The van der Waals surface area contributed by atoms with Crippen molar-refractivity contribution in [1.82, 2.24) is 10.3 Å². The number of fused-ring (bicyclic) bond motifs is 1. The minimum absolute atomic E-state index is 0.0675. The van der Waals surface area contributed by atoms with Gasteiger partial charge in [0.2, 0.25) is 0 Å². The van der Waals surface area contributed by atoms with Crippen molar-refractivity contribution in [1.29, 1.82) is 0 Å². The summed E-state index contributed by atoms with van der Waals surface area (Å²) in [7, 11) is 0. The van der Waals surface area contributed by atoms with Crippen LogP contribution in [0.15, 0.2) is 30.5 Å². The zero-order chi connectivity index (χ0) is 20.8. The zero-order valence-corrected chi connectivity index (χ0v) is 15.5. The van der Waals surface area contributed by atoms with Gasteiger partial charge in [-0.3, -0.25) is 15.1 Å². The number of imide groups is 1. The van der Waals surface area contributed by atoms with Crippen LogP contribution in [0.4, 0.5) is 18.0 Å². The average molecular weight is 427 g/mol. The zero-order valence-electron chi connectivity index (χ0n) is 14.8. The number of aromatic nitrogens is 1. The first-order valence-electron chi connectivity index (χ1n) is 8.77. The molecule has 1 fully saturated rings. The lowest BCUT2D eigenvalue weighted by Crippen LogP contribution is -2.32. The van der Waals surface area contributed by atoms with Crippen LogP contribution in [0.2, 0.25) is 5.02 Å². The van der Waals surface area contributed by atoms with Crippen LogP contribution < -0.4 is 10.1 Å². The van der Waals surface area contributed by atoms with Crippen molar-refractivity contribution in [3.05, 3.63) is 52.3 Å². The standard InChI is InChI=1S/C19H14ClF3N2O4/c20-13-7-10(19(21,22)23)4-5-14(13)28-11-6-9-2-1-3-12(15(9)24-8-11)16-17(26)25-18(27)29-16/h4-8,12,16H,1-3H2,(H,25,26,27)/t12-,16?/m0/s1. The Kier molecular flexibility index (Phi) is 4.85. The lowest BCUT2D eigenvalue weighted by molar-refractivity contribution is -0.137. The molecule has 2 heterocycles. The normalized spacial score (nSPS) is 21.4. The van der Waals surface area contributed by atoms with E-state index >= 15 is 0 Å². The summed E-state index contributed by atoms with van der Waals surface area (Å²) in [4.78, 5) is 27.6. The van der Waals surface area contributed by atoms with Gasteiger partial charge in [0.1, 0.15) is 11.5 Å². The number of carbonyl (C=O) groups is 2. The quantitative estimate of drug-likeness (QED) is 0.776. The van der Waals surface area contributed by atoms with E-state index in [2.05, 4.69) is 10.3 Å². The van der Waals surface area contributed by atoms with Crippen LogP contribution >= 0.6 is 11.6 Å². The van der Waals surface area contributed by atoms with Crippen molar-refractivity contribution < 1.29 is 32.2 Å². The molecule has 29 heavy (non-hydrogen) atoms. The molecule has 1 unspecified atom stereocenters. The Morgan fingerprint density at radius 2 is 2.03 bits per heavy atom. The summed E-state index contributed by atoms with van der Waals surface area (Å²) in [6.07, 6.45) is -2.73. The minimum atomic E-state index is -4.50. The average Bonchev–Trinajstić information content (AvgIpc) is 3.00. The summed E-state index contributed by atoms with van der Waals surface area (Å²) in [5, 5.41) is 1.94. The molecule has 0 spiro atoms. The number of carbonyl (C=O) groups excluding carboxylic acids is 2. The van der Waals surface area contributed by atoms with E-state index in [1.54, 1.807) is 6.07 Å². The Hall–Kier alpha value is -2.81. The van der Waals surface area contributed by atoms with Crippen molar-refractivity contribution in [2.24, 2.45) is 0 Å². The number of ether oxygens (including phenoxy) is 2. The molecule has 152 valence electrons. The van der Waals surface area contributed by atoms with Crippen LogP contribution in [-0.4, -0.2) is 23.1 Å². The number of nitrogens with zero attached hydrogens (tertiary/aromatic N) is 1. The molecule has 1 saturated heterocycles. The van der Waals surface area contributed by atoms with Crippen LogP contribution in [0.5, 0.6) is 11.5 Å². The van der Waals surface area contributed by atoms with Gasteiger partial charge in [0.15, 0.2) is 6.10 Å². The van der Waals surface area contributed by atoms with Crippen molar-refractivity contribution in [3.63, 3.8) is 0 Å². The maximum Gasteiger partial charge on any atom is 0.416 e. The number of benzene rings is 1. The fourth-order valence-corrected chi connectivity index (χ4v) is 3.77. The molecule has 1 aromatic carbocycles. The van der Waals surface area contributed by atoms with Crippen LogP contribution in [0.1, 0.15) is 35.6 Å². The molecule has 2 amide bonds. The Morgan fingerprint density at radius 3 is 2.69 bits per heavy atom. The summed E-state index contributed by atoms with van der Waals surface area (Å²) in [6.45, 7) is 0. The topological polar surface area (TPSA) is 77.5 Å². The Bertz CT molecular complexity index is 996. The number of nitrogens with one attached hydrogen (secondary N) is 1. The van der Waals surface area contributed by atoms with Gasteiger partial charge in [-0.15, -0.1) is 0 Å². The maximum atomic E-state index is 12.8. The second-order valence-corrected chi connectivity index (χ2v) is 7.18. The predicted molar refractivity (Wildman–Crippen MR) is 94.9 cm³/mol. The number of rotatable bonds is 3. The first-order valence-corrected chi connectivity index (χ1v) is 9.15.